The summed E-state index contributed by atoms with van der Waals surface area (Å²) in [6.45, 7) is 0. The van der Waals surface area contributed by atoms with Crippen LogP contribution >= 0.6 is 0 Å². The van der Waals surface area contributed by atoms with Gasteiger partial charge in [-0.1, -0.05) is 36.4 Å². The van der Waals surface area contributed by atoms with Gasteiger partial charge in [-0.3, -0.25) is 0 Å². The number of hydrogen-bond donors (Lipinski definition) is 2. The second-order valence-corrected chi connectivity index (χ2v) is 3.85. The number of rotatable bonds is 3. The van der Waals surface area contributed by atoms with Crippen molar-refractivity contribution in [3.63, 3.8) is 0 Å². The molecule has 0 aromatic heterocycles. The van der Waals surface area contributed by atoms with E-state index in [0.717, 1.165) is 5.56 Å². The van der Waals surface area contributed by atoms with E-state index in [4.69, 9.17) is 0 Å². The number of anilines is 1. The van der Waals surface area contributed by atoms with Crippen LogP contribution in [0.1, 0.15) is 5.56 Å². The Morgan fingerprint density at radius 2 is 1.84 bits per heavy atom. The number of urea groups is 1. The van der Waals surface area contributed by atoms with Crippen molar-refractivity contribution in [1.82, 2.24) is 5.32 Å². The lowest BCUT2D eigenvalue weighted by Gasteiger charge is -2.04. The summed E-state index contributed by atoms with van der Waals surface area (Å²) in [5.74, 6) is -0.391. The molecule has 4 heteroatoms. The summed E-state index contributed by atoms with van der Waals surface area (Å²) in [6.07, 6.45) is 3.30. The van der Waals surface area contributed by atoms with Gasteiger partial charge in [-0.25, -0.2) is 9.18 Å². The van der Waals surface area contributed by atoms with Gasteiger partial charge in [-0.15, -0.1) is 0 Å². The Kier molecular flexibility index (Phi) is 4.29. The molecule has 19 heavy (non-hydrogen) atoms. The molecule has 3 nitrogen and oxygen atoms in total. The summed E-state index contributed by atoms with van der Waals surface area (Å²) in [4.78, 5) is 11.5. The predicted molar refractivity (Wildman–Crippen MR) is 74.0 cm³/mol. The minimum Gasteiger partial charge on any atom is -0.314 e. The van der Waals surface area contributed by atoms with Crippen molar-refractivity contribution in [3.05, 3.63) is 72.2 Å². The zero-order valence-electron chi connectivity index (χ0n) is 10.1. The van der Waals surface area contributed by atoms with Gasteiger partial charge in [-0.05, 0) is 29.8 Å². The van der Waals surface area contributed by atoms with E-state index in [1.807, 2.05) is 30.3 Å². The molecule has 2 rings (SSSR count). The summed E-state index contributed by atoms with van der Waals surface area (Å²) < 4.78 is 12.9. The molecular weight excluding hydrogens is 243 g/mol. The highest BCUT2D eigenvalue weighted by atomic mass is 19.1. The van der Waals surface area contributed by atoms with E-state index >= 15 is 0 Å². The van der Waals surface area contributed by atoms with Crippen molar-refractivity contribution in [2.45, 2.75) is 0 Å². The first-order valence-corrected chi connectivity index (χ1v) is 5.79. The number of carbonyl (C=O) groups excluding carboxylic acids is 1. The van der Waals surface area contributed by atoms with Crippen LogP contribution in [0.2, 0.25) is 0 Å². The zero-order valence-corrected chi connectivity index (χ0v) is 10.1. The lowest BCUT2D eigenvalue weighted by atomic mass is 10.2. The van der Waals surface area contributed by atoms with Crippen LogP contribution in [0.3, 0.4) is 0 Å². The summed E-state index contributed by atoms with van der Waals surface area (Å²) >= 11 is 0. The maximum absolute atomic E-state index is 12.9. The van der Waals surface area contributed by atoms with E-state index in [0.29, 0.717) is 5.69 Å². The molecule has 96 valence electrons. The molecule has 0 saturated heterocycles. The third-order valence-corrected chi connectivity index (χ3v) is 2.37. The number of halogens is 1. The lowest BCUT2D eigenvalue weighted by molar-refractivity contribution is 0.255. The first-order valence-electron chi connectivity index (χ1n) is 5.79. The Morgan fingerprint density at radius 1 is 1.05 bits per heavy atom. The molecule has 0 aliphatic heterocycles. The second kappa shape index (κ2) is 6.35. The van der Waals surface area contributed by atoms with Gasteiger partial charge >= 0.3 is 6.03 Å². The quantitative estimate of drug-likeness (QED) is 0.865. The van der Waals surface area contributed by atoms with Crippen LogP contribution < -0.4 is 10.6 Å². The molecule has 2 amide bonds. The van der Waals surface area contributed by atoms with Gasteiger partial charge in [0.25, 0.3) is 0 Å². The predicted octanol–water partition coefficient (Wildman–Crippen LogP) is 3.62. The number of benzene rings is 2. The molecule has 0 fully saturated rings. The Morgan fingerprint density at radius 3 is 2.58 bits per heavy atom. The number of nitrogens with one attached hydrogen (secondary N) is 2. The molecule has 2 aromatic carbocycles. The monoisotopic (exact) mass is 256 g/mol. The number of hydrogen-bond acceptors (Lipinski definition) is 1. The van der Waals surface area contributed by atoms with Crippen molar-refractivity contribution >= 4 is 17.8 Å². The van der Waals surface area contributed by atoms with Crippen LogP contribution in [0.15, 0.2) is 60.8 Å². The first-order chi connectivity index (χ1) is 9.24. The van der Waals surface area contributed by atoms with E-state index in [2.05, 4.69) is 10.6 Å². The molecule has 2 aromatic rings. The van der Waals surface area contributed by atoms with Crippen LogP contribution in [0.25, 0.3) is 6.08 Å². The molecule has 0 atom stereocenters. The third-order valence-electron chi connectivity index (χ3n) is 2.37. The van der Waals surface area contributed by atoms with Crippen molar-refractivity contribution in [1.29, 1.82) is 0 Å². The Bertz CT molecular complexity index is 582. The van der Waals surface area contributed by atoms with Crippen LogP contribution in [-0.4, -0.2) is 6.03 Å². The fourth-order valence-corrected chi connectivity index (χ4v) is 1.51. The molecule has 0 heterocycles. The van der Waals surface area contributed by atoms with E-state index in [9.17, 15) is 9.18 Å². The molecule has 0 unspecified atom stereocenters. The lowest BCUT2D eigenvalue weighted by Crippen LogP contribution is -2.23. The highest BCUT2D eigenvalue weighted by Gasteiger charge is 1.99. The average Bonchev–Trinajstić information content (AvgIpc) is 2.40. The van der Waals surface area contributed by atoms with Crippen molar-refractivity contribution in [2.75, 3.05) is 5.32 Å². The van der Waals surface area contributed by atoms with E-state index in [-0.39, 0.29) is 0 Å². The Labute approximate surface area is 110 Å². The molecule has 0 bridgehead atoms. The summed E-state index contributed by atoms with van der Waals surface area (Å²) in [6, 6.07) is 14.9. The highest BCUT2D eigenvalue weighted by Crippen LogP contribution is 2.08. The minimum atomic E-state index is -0.419. The maximum Gasteiger partial charge on any atom is 0.323 e. The first kappa shape index (κ1) is 12.8. The van der Waals surface area contributed by atoms with E-state index in [1.165, 1.54) is 24.4 Å². The standard InChI is InChI=1S/C15H13FN2O/c16-13-7-4-8-14(11-13)18-15(19)17-10-9-12-5-2-1-3-6-12/h1-11H,(H2,17,18,19)/b10-9+. The maximum atomic E-state index is 12.9. The Hall–Kier alpha value is -2.62. The molecule has 0 radical (unpaired) electrons. The van der Waals surface area contributed by atoms with Gasteiger partial charge in [0.2, 0.25) is 0 Å². The van der Waals surface area contributed by atoms with E-state index in [1.54, 1.807) is 12.1 Å². The number of carbonyl (C=O) groups is 1. The van der Waals surface area contributed by atoms with Crippen molar-refractivity contribution < 1.29 is 9.18 Å². The summed E-state index contributed by atoms with van der Waals surface area (Å²) in [5, 5.41) is 5.07. The van der Waals surface area contributed by atoms with Gasteiger partial charge in [0.05, 0.1) is 0 Å². The summed E-state index contributed by atoms with van der Waals surface area (Å²) in [5.41, 5.74) is 1.39. The van der Waals surface area contributed by atoms with Crippen molar-refractivity contribution in [3.8, 4) is 0 Å². The van der Waals surface area contributed by atoms with Gasteiger partial charge in [0, 0.05) is 11.9 Å². The largest absolute Gasteiger partial charge is 0.323 e. The Balaban J connectivity index is 1.87. The second-order valence-electron chi connectivity index (χ2n) is 3.85. The highest BCUT2D eigenvalue weighted by molar-refractivity contribution is 5.90. The van der Waals surface area contributed by atoms with Crippen LogP contribution in [-0.2, 0) is 0 Å². The fourth-order valence-electron chi connectivity index (χ4n) is 1.51. The van der Waals surface area contributed by atoms with Crippen molar-refractivity contribution in [2.24, 2.45) is 0 Å². The van der Waals surface area contributed by atoms with Crippen LogP contribution in [0, 0.1) is 5.82 Å². The average molecular weight is 256 g/mol. The van der Waals surface area contributed by atoms with Gasteiger partial charge in [-0.2, -0.15) is 0 Å². The van der Waals surface area contributed by atoms with Gasteiger partial charge < -0.3 is 10.6 Å². The number of amides is 2. The normalized spacial score (nSPS) is 10.4. The SMILES string of the molecule is O=C(N/C=C/c1ccccc1)Nc1cccc(F)c1. The topological polar surface area (TPSA) is 41.1 Å². The summed E-state index contributed by atoms with van der Waals surface area (Å²) in [7, 11) is 0. The molecule has 0 spiro atoms. The molecule has 2 N–H and O–H groups in total. The smallest absolute Gasteiger partial charge is 0.314 e. The van der Waals surface area contributed by atoms with Crippen LogP contribution in [0.4, 0.5) is 14.9 Å². The molecule has 0 saturated carbocycles. The van der Waals surface area contributed by atoms with E-state index < -0.39 is 11.8 Å². The van der Waals surface area contributed by atoms with Crippen LogP contribution in [0.5, 0.6) is 0 Å². The minimum absolute atomic E-state index is 0.391. The zero-order chi connectivity index (χ0) is 13.5. The van der Waals surface area contributed by atoms with Gasteiger partial charge in [0.1, 0.15) is 5.82 Å². The molecule has 0 aliphatic carbocycles. The molecular formula is C15H13FN2O. The van der Waals surface area contributed by atoms with Gasteiger partial charge in [0.15, 0.2) is 0 Å². The molecule has 0 aliphatic rings. The third kappa shape index (κ3) is 4.27. The fraction of sp³-hybridized carbons (Fsp3) is 0.